The maximum atomic E-state index is 10.8. The molecule has 0 unspecified atom stereocenters. The molecule has 1 aromatic heterocycles. The number of nitrogens with one attached hydrogen (secondary N) is 1. The normalized spacial score (nSPS) is 10.9. The van der Waals surface area contributed by atoms with Gasteiger partial charge in [-0.3, -0.25) is 10.4 Å². The molecule has 0 fully saturated rings. The smallest absolute Gasteiger partial charge is 0.335 e. The second-order valence-corrected chi connectivity index (χ2v) is 4.54. The third-order valence-corrected chi connectivity index (χ3v) is 2.99. The van der Waals surface area contributed by atoms with Crippen LogP contribution in [0.5, 0.6) is 0 Å². The van der Waals surface area contributed by atoms with E-state index in [0.717, 1.165) is 11.0 Å². The lowest BCUT2D eigenvalue weighted by atomic mass is 10.2. The van der Waals surface area contributed by atoms with Crippen molar-refractivity contribution in [3.05, 3.63) is 66.0 Å². The molecule has 0 radical (unpaired) electrons. The van der Waals surface area contributed by atoms with Crippen LogP contribution < -0.4 is 5.43 Å². The minimum Gasteiger partial charge on any atom is -0.478 e. The summed E-state index contributed by atoms with van der Waals surface area (Å²) >= 11 is 0. The lowest BCUT2D eigenvalue weighted by Crippen LogP contribution is -1.97. The number of aromatic carboxylic acids is 1. The molecule has 0 saturated heterocycles. The highest BCUT2D eigenvalue weighted by atomic mass is 16.4. The van der Waals surface area contributed by atoms with E-state index in [1.54, 1.807) is 24.5 Å². The Hall–Kier alpha value is -3.28. The van der Waals surface area contributed by atoms with Crippen LogP contribution in [-0.2, 0) is 0 Å². The van der Waals surface area contributed by atoms with Gasteiger partial charge in [0.15, 0.2) is 0 Å². The predicted octanol–water partition coefficient (Wildman–Crippen LogP) is 2.77. The Bertz CT molecular complexity index is 844. The molecular weight excluding hydrogens is 280 g/mol. The van der Waals surface area contributed by atoms with Crippen LogP contribution in [0.3, 0.4) is 0 Å². The molecule has 3 rings (SSSR count). The zero-order valence-electron chi connectivity index (χ0n) is 11.5. The van der Waals surface area contributed by atoms with Gasteiger partial charge in [-0.15, -0.1) is 0 Å². The summed E-state index contributed by atoms with van der Waals surface area (Å²) in [6.45, 7) is 0. The lowest BCUT2D eigenvalue weighted by Gasteiger charge is -2.01. The molecule has 6 nitrogen and oxygen atoms in total. The van der Waals surface area contributed by atoms with E-state index in [4.69, 9.17) is 5.11 Å². The summed E-state index contributed by atoms with van der Waals surface area (Å²) in [6.07, 6.45) is 3.20. The number of fused-ring (bicyclic) bond motifs is 1. The highest BCUT2D eigenvalue weighted by molar-refractivity contribution is 5.88. The standard InChI is InChI=1S/C16H12N4O2/c21-16(22)11-5-7-12(8-6-11)20-18-10-13-9-17-14-3-1-2-4-15(14)19-13/h1-10,20H,(H,21,22)/b18-10+. The van der Waals surface area contributed by atoms with Crippen LogP contribution in [0.25, 0.3) is 11.0 Å². The van der Waals surface area contributed by atoms with Crippen LogP contribution in [-0.4, -0.2) is 27.3 Å². The second kappa shape index (κ2) is 6.01. The monoisotopic (exact) mass is 292 g/mol. The summed E-state index contributed by atoms with van der Waals surface area (Å²) in [6, 6.07) is 13.9. The fourth-order valence-corrected chi connectivity index (χ4v) is 1.89. The van der Waals surface area contributed by atoms with Crippen molar-refractivity contribution in [2.75, 3.05) is 5.43 Å². The molecular formula is C16H12N4O2. The first kappa shape index (κ1) is 13.7. The fraction of sp³-hybridized carbons (Fsp3) is 0. The summed E-state index contributed by atoms with van der Waals surface area (Å²) in [5.41, 5.74) is 6.00. The van der Waals surface area contributed by atoms with E-state index in [-0.39, 0.29) is 5.56 Å². The van der Waals surface area contributed by atoms with Gasteiger partial charge < -0.3 is 5.11 Å². The van der Waals surface area contributed by atoms with Gasteiger partial charge in [0.2, 0.25) is 0 Å². The average Bonchev–Trinajstić information content (AvgIpc) is 2.55. The Morgan fingerprint density at radius 3 is 2.55 bits per heavy atom. The van der Waals surface area contributed by atoms with E-state index in [1.807, 2.05) is 24.3 Å². The number of carboxylic acids is 1. The fourth-order valence-electron chi connectivity index (χ4n) is 1.89. The van der Waals surface area contributed by atoms with Crippen molar-refractivity contribution in [1.82, 2.24) is 9.97 Å². The number of carboxylic acid groups (broad SMARTS) is 1. The number of para-hydroxylation sites is 2. The molecule has 0 amide bonds. The Kier molecular flexibility index (Phi) is 3.74. The highest BCUT2D eigenvalue weighted by Crippen LogP contribution is 2.10. The summed E-state index contributed by atoms with van der Waals surface area (Å²) in [5, 5.41) is 12.9. The van der Waals surface area contributed by atoms with E-state index in [0.29, 0.717) is 11.4 Å². The van der Waals surface area contributed by atoms with Crippen molar-refractivity contribution in [2.24, 2.45) is 5.10 Å². The molecule has 3 aromatic rings. The second-order valence-electron chi connectivity index (χ2n) is 4.54. The molecule has 0 saturated carbocycles. The first-order valence-corrected chi connectivity index (χ1v) is 6.56. The molecule has 2 N–H and O–H groups in total. The number of hydrogen-bond donors (Lipinski definition) is 2. The number of hydrogen-bond acceptors (Lipinski definition) is 5. The molecule has 0 aliphatic rings. The molecule has 0 bridgehead atoms. The Labute approximate surface area is 126 Å². The van der Waals surface area contributed by atoms with Crippen molar-refractivity contribution < 1.29 is 9.90 Å². The summed E-state index contributed by atoms with van der Waals surface area (Å²) in [4.78, 5) is 19.5. The van der Waals surface area contributed by atoms with Crippen molar-refractivity contribution >= 4 is 28.9 Å². The average molecular weight is 292 g/mol. The van der Waals surface area contributed by atoms with Crippen LogP contribution in [0.2, 0.25) is 0 Å². The summed E-state index contributed by atoms with van der Waals surface area (Å²) in [7, 11) is 0. The van der Waals surface area contributed by atoms with Gasteiger partial charge in [-0.1, -0.05) is 12.1 Å². The van der Waals surface area contributed by atoms with Gasteiger partial charge in [0, 0.05) is 0 Å². The van der Waals surface area contributed by atoms with E-state index in [2.05, 4.69) is 20.5 Å². The molecule has 0 atom stereocenters. The molecule has 0 aliphatic heterocycles. The van der Waals surface area contributed by atoms with Crippen molar-refractivity contribution in [3.8, 4) is 0 Å². The first-order valence-electron chi connectivity index (χ1n) is 6.56. The lowest BCUT2D eigenvalue weighted by molar-refractivity contribution is 0.0697. The van der Waals surface area contributed by atoms with Crippen LogP contribution in [0.1, 0.15) is 16.1 Å². The van der Waals surface area contributed by atoms with E-state index < -0.39 is 5.97 Å². The maximum absolute atomic E-state index is 10.8. The van der Waals surface area contributed by atoms with Crippen LogP contribution in [0.4, 0.5) is 5.69 Å². The van der Waals surface area contributed by atoms with Crippen molar-refractivity contribution in [1.29, 1.82) is 0 Å². The Morgan fingerprint density at radius 2 is 1.82 bits per heavy atom. The van der Waals surface area contributed by atoms with E-state index in [9.17, 15) is 4.79 Å². The van der Waals surface area contributed by atoms with Gasteiger partial charge in [-0.05, 0) is 36.4 Å². The van der Waals surface area contributed by atoms with E-state index in [1.165, 1.54) is 12.1 Å². The predicted molar refractivity (Wildman–Crippen MR) is 84.2 cm³/mol. The SMILES string of the molecule is O=C(O)c1ccc(N/N=C/c2cnc3ccccc3n2)cc1. The zero-order valence-corrected chi connectivity index (χ0v) is 11.5. The van der Waals surface area contributed by atoms with Gasteiger partial charge in [-0.2, -0.15) is 5.10 Å². The highest BCUT2D eigenvalue weighted by Gasteiger charge is 2.01. The van der Waals surface area contributed by atoms with Crippen LogP contribution in [0, 0.1) is 0 Å². The topological polar surface area (TPSA) is 87.5 Å². The van der Waals surface area contributed by atoms with Crippen molar-refractivity contribution in [2.45, 2.75) is 0 Å². The van der Waals surface area contributed by atoms with E-state index >= 15 is 0 Å². The number of benzene rings is 2. The maximum Gasteiger partial charge on any atom is 0.335 e. The van der Waals surface area contributed by atoms with Gasteiger partial charge in [-0.25, -0.2) is 9.78 Å². The largest absolute Gasteiger partial charge is 0.478 e. The van der Waals surface area contributed by atoms with Gasteiger partial charge >= 0.3 is 5.97 Å². The third-order valence-electron chi connectivity index (χ3n) is 2.99. The van der Waals surface area contributed by atoms with Gasteiger partial charge in [0.1, 0.15) is 5.69 Å². The zero-order chi connectivity index (χ0) is 15.4. The third kappa shape index (κ3) is 3.06. The number of hydrazone groups is 1. The van der Waals surface area contributed by atoms with Gasteiger partial charge in [0.05, 0.1) is 34.7 Å². The van der Waals surface area contributed by atoms with Crippen molar-refractivity contribution in [3.63, 3.8) is 0 Å². The minimum absolute atomic E-state index is 0.231. The molecule has 6 heteroatoms. The number of anilines is 1. The number of aromatic nitrogens is 2. The summed E-state index contributed by atoms with van der Waals surface area (Å²) < 4.78 is 0. The summed E-state index contributed by atoms with van der Waals surface area (Å²) in [5.74, 6) is -0.957. The molecule has 22 heavy (non-hydrogen) atoms. The Balaban J connectivity index is 1.71. The first-order chi connectivity index (χ1) is 10.7. The quantitative estimate of drug-likeness (QED) is 0.570. The Morgan fingerprint density at radius 1 is 1.09 bits per heavy atom. The molecule has 2 aromatic carbocycles. The molecule has 1 heterocycles. The minimum atomic E-state index is -0.957. The number of rotatable bonds is 4. The molecule has 0 aliphatic carbocycles. The number of nitrogens with zero attached hydrogens (tertiary/aromatic N) is 3. The number of carbonyl (C=O) groups is 1. The molecule has 0 spiro atoms. The van der Waals surface area contributed by atoms with Gasteiger partial charge in [0.25, 0.3) is 0 Å². The molecule has 108 valence electrons. The van der Waals surface area contributed by atoms with Crippen LogP contribution in [0.15, 0.2) is 59.8 Å². The van der Waals surface area contributed by atoms with Crippen LogP contribution >= 0.6 is 0 Å².